The monoisotopic (exact) mass is 189 g/mol. The lowest BCUT2D eigenvalue weighted by Crippen LogP contribution is -2.32. The third kappa shape index (κ3) is 11.0. The van der Waals surface area contributed by atoms with Gasteiger partial charge >= 0.3 is 0 Å². The van der Waals surface area contributed by atoms with Crippen molar-refractivity contribution in [1.82, 2.24) is 4.72 Å². The van der Waals surface area contributed by atoms with E-state index in [1.165, 1.54) is 0 Å². The Morgan fingerprint density at radius 2 is 1.90 bits per heavy atom. The highest BCUT2D eigenvalue weighted by Gasteiger charge is 1.96. The van der Waals surface area contributed by atoms with Gasteiger partial charge in [-0.1, -0.05) is 0 Å². The zero-order chi connectivity index (χ0) is 7.33. The molecule has 0 aliphatic heterocycles. The van der Waals surface area contributed by atoms with Gasteiger partial charge in [-0.3, -0.25) is 0 Å². The SMILES string of the molecule is Cl.NCCCNS(N)(=O)=O. The Hall–Kier alpha value is 0.120. The zero-order valence-corrected chi connectivity index (χ0v) is 7.04. The van der Waals surface area contributed by atoms with Crippen LogP contribution in [0, 0.1) is 0 Å². The highest BCUT2D eigenvalue weighted by Crippen LogP contribution is 1.71. The van der Waals surface area contributed by atoms with E-state index in [0.29, 0.717) is 19.5 Å². The quantitative estimate of drug-likeness (QED) is 0.472. The van der Waals surface area contributed by atoms with Crippen LogP contribution in [0.2, 0.25) is 0 Å². The Morgan fingerprint density at radius 3 is 2.20 bits per heavy atom. The molecule has 0 aliphatic carbocycles. The van der Waals surface area contributed by atoms with Crippen LogP contribution in [-0.4, -0.2) is 21.5 Å². The first-order valence-electron chi connectivity index (χ1n) is 2.53. The summed E-state index contributed by atoms with van der Waals surface area (Å²) >= 11 is 0. The van der Waals surface area contributed by atoms with Crippen molar-refractivity contribution in [1.29, 1.82) is 0 Å². The minimum atomic E-state index is -3.50. The summed E-state index contributed by atoms with van der Waals surface area (Å²) in [6.07, 6.45) is 0.608. The zero-order valence-electron chi connectivity index (χ0n) is 5.41. The lowest BCUT2D eigenvalue weighted by molar-refractivity contribution is 0.581. The summed E-state index contributed by atoms with van der Waals surface area (Å²) in [6.45, 7) is 0.776. The molecule has 0 amide bonds. The topological polar surface area (TPSA) is 98.2 Å². The van der Waals surface area contributed by atoms with Gasteiger partial charge in [0.25, 0.3) is 10.2 Å². The molecule has 0 rings (SSSR count). The highest BCUT2D eigenvalue weighted by atomic mass is 35.5. The van der Waals surface area contributed by atoms with Crippen molar-refractivity contribution in [2.75, 3.05) is 13.1 Å². The molecule has 0 bridgehead atoms. The summed E-state index contributed by atoms with van der Waals surface area (Å²) in [4.78, 5) is 0. The summed E-state index contributed by atoms with van der Waals surface area (Å²) in [5.74, 6) is 0. The van der Waals surface area contributed by atoms with Crippen molar-refractivity contribution in [3.8, 4) is 0 Å². The molecule has 0 atom stereocenters. The molecule has 0 unspecified atom stereocenters. The maximum atomic E-state index is 10.1. The molecule has 0 aliphatic rings. The predicted octanol–water partition coefficient (Wildman–Crippen LogP) is -1.45. The van der Waals surface area contributed by atoms with Crippen LogP contribution in [0.5, 0.6) is 0 Å². The standard InChI is InChI=1S/C3H11N3O2S.ClH/c4-2-1-3-6-9(5,7)8;/h6H,1-4H2,(H2,5,7,8);1H. The van der Waals surface area contributed by atoms with E-state index in [2.05, 4.69) is 9.86 Å². The molecule has 10 heavy (non-hydrogen) atoms. The number of nitrogens with two attached hydrogens (primary N) is 2. The van der Waals surface area contributed by atoms with Gasteiger partial charge in [0, 0.05) is 6.54 Å². The van der Waals surface area contributed by atoms with Crippen molar-refractivity contribution >= 4 is 22.6 Å². The first-order chi connectivity index (χ1) is 4.06. The Labute approximate surface area is 66.7 Å². The average molecular weight is 190 g/mol. The Kier molecular flexibility index (Phi) is 7.50. The van der Waals surface area contributed by atoms with Gasteiger partial charge in [0.15, 0.2) is 0 Å². The van der Waals surface area contributed by atoms with E-state index >= 15 is 0 Å². The lowest BCUT2D eigenvalue weighted by Gasteiger charge is -1.97. The summed E-state index contributed by atoms with van der Waals surface area (Å²) in [7, 11) is -3.50. The average Bonchev–Trinajstić information content (AvgIpc) is 1.63. The molecule has 0 heterocycles. The molecule has 7 heteroatoms. The molecule has 0 saturated heterocycles. The minimum Gasteiger partial charge on any atom is -0.330 e. The Morgan fingerprint density at radius 1 is 1.40 bits per heavy atom. The molecule has 5 nitrogen and oxygen atoms in total. The van der Waals surface area contributed by atoms with E-state index in [-0.39, 0.29) is 12.4 Å². The number of rotatable bonds is 4. The molecule has 0 saturated carbocycles. The first-order valence-corrected chi connectivity index (χ1v) is 4.08. The van der Waals surface area contributed by atoms with Gasteiger partial charge in [-0.05, 0) is 13.0 Å². The maximum absolute atomic E-state index is 10.1. The molecule has 0 fully saturated rings. The van der Waals surface area contributed by atoms with E-state index in [0.717, 1.165) is 0 Å². The second-order valence-electron chi connectivity index (χ2n) is 1.58. The molecular weight excluding hydrogens is 178 g/mol. The number of hydrogen-bond donors (Lipinski definition) is 3. The maximum Gasteiger partial charge on any atom is 0.274 e. The second-order valence-corrected chi connectivity index (χ2v) is 2.96. The van der Waals surface area contributed by atoms with Crippen molar-refractivity contribution in [2.24, 2.45) is 10.9 Å². The van der Waals surface area contributed by atoms with Crippen LogP contribution >= 0.6 is 12.4 Å². The fourth-order valence-electron chi connectivity index (χ4n) is 0.316. The molecule has 64 valence electrons. The van der Waals surface area contributed by atoms with Crippen LogP contribution in [-0.2, 0) is 10.2 Å². The van der Waals surface area contributed by atoms with Crippen LogP contribution in [0.25, 0.3) is 0 Å². The van der Waals surface area contributed by atoms with Gasteiger partial charge in [-0.2, -0.15) is 8.42 Å². The number of nitrogens with one attached hydrogen (secondary N) is 1. The number of hydrogen-bond acceptors (Lipinski definition) is 3. The molecule has 0 radical (unpaired) electrons. The van der Waals surface area contributed by atoms with E-state index in [9.17, 15) is 8.42 Å². The predicted molar refractivity (Wildman–Crippen MR) is 42.0 cm³/mol. The highest BCUT2D eigenvalue weighted by molar-refractivity contribution is 7.87. The third-order valence-corrected chi connectivity index (χ3v) is 1.29. The Balaban J connectivity index is 0. The van der Waals surface area contributed by atoms with Crippen LogP contribution in [0.4, 0.5) is 0 Å². The molecule has 0 spiro atoms. The molecule has 5 N–H and O–H groups in total. The Bertz CT molecular complexity index is 157. The third-order valence-electron chi connectivity index (χ3n) is 0.684. The fourth-order valence-corrected chi connectivity index (χ4v) is 0.745. The van der Waals surface area contributed by atoms with E-state index in [4.69, 9.17) is 5.73 Å². The largest absolute Gasteiger partial charge is 0.330 e. The minimum absolute atomic E-state index is 0. The van der Waals surface area contributed by atoms with Crippen LogP contribution in [0.3, 0.4) is 0 Å². The van der Waals surface area contributed by atoms with Crippen molar-refractivity contribution < 1.29 is 8.42 Å². The smallest absolute Gasteiger partial charge is 0.274 e. The molecule has 0 aromatic heterocycles. The summed E-state index contributed by atoms with van der Waals surface area (Å²) in [6, 6.07) is 0. The summed E-state index contributed by atoms with van der Waals surface area (Å²) in [5, 5.41) is 4.60. The summed E-state index contributed by atoms with van der Waals surface area (Å²) in [5.41, 5.74) is 5.08. The van der Waals surface area contributed by atoms with Gasteiger partial charge in [-0.15, -0.1) is 12.4 Å². The van der Waals surface area contributed by atoms with Crippen LogP contribution < -0.4 is 15.6 Å². The molecule has 0 aromatic rings. The first kappa shape index (κ1) is 12.8. The van der Waals surface area contributed by atoms with Gasteiger partial charge in [0.1, 0.15) is 0 Å². The van der Waals surface area contributed by atoms with Crippen molar-refractivity contribution in [3.05, 3.63) is 0 Å². The van der Waals surface area contributed by atoms with Gasteiger partial charge in [-0.25, -0.2) is 9.86 Å². The van der Waals surface area contributed by atoms with Crippen molar-refractivity contribution in [3.63, 3.8) is 0 Å². The lowest BCUT2D eigenvalue weighted by atomic mass is 10.4. The van der Waals surface area contributed by atoms with Gasteiger partial charge < -0.3 is 5.73 Å². The van der Waals surface area contributed by atoms with E-state index in [1.54, 1.807) is 0 Å². The molecular formula is C3H12ClN3O2S. The van der Waals surface area contributed by atoms with E-state index in [1.807, 2.05) is 0 Å². The van der Waals surface area contributed by atoms with Crippen LogP contribution in [0.15, 0.2) is 0 Å². The van der Waals surface area contributed by atoms with Gasteiger partial charge in [0.2, 0.25) is 0 Å². The normalized spacial score (nSPS) is 10.6. The number of halogens is 1. The van der Waals surface area contributed by atoms with Crippen molar-refractivity contribution in [2.45, 2.75) is 6.42 Å². The van der Waals surface area contributed by atoms with Crippen LogP contribution in [0.1, 0.15) is 6.42 Å². The fraction of sp³-hybridized carbons (Fsp3) is 1.00. The molecule has 0 aromatic carbocycles. The second kappa shape index (κ2) is 5.87. The van der Waals surface area contributed by atoms with Gasteiger partial charge in [0.05, 0.1) is 0 Å². The summed E-state index contributed by atoms with van der Waals surface area (Å²) < 4.78 is 22.4. The van der Waals surface area contributed by atoms with E-state index < -0.39 is 10.2 Å².